The van der Waals surface area contributed by atoms with Gasteiger partial charge in [-0.25, -0.2) is 0 Å². The highest BCUT2D eigenvalue weighted by molar-refractivity contribution is 6.18. The number of carbonyl (C=O) groups excluding carboxylic acids is 1. The number of nitro benzene ring substituents is 1. The molecule has 5 nitrogen and oxygen atoms in total. The van der Waals surface area contributed by atoms with E-state index in [1.165, 1.54) is 6.07 Å². The first kappa shape index (κ1) is 15.4. The van der Waals surface area contributed by atoms with Crippen molar-refractivity contribution in [3.8, 4) is 0 Å². The lowest BCUT2D eigenvalue weighted by Gasteiger charge is -2.21. The summed E-state index contributed by atoms with van der Waals surface area (Å²) < 4.78 is 0. The van der Waals surface area contributed by atoms with Crippen LogP contribution in [0.15, 0.2) is 18.2 Å². The Labute approximate surface area is 117 Å². The predicted molar refractivity (Wildman–Crippen MR) is 74.7 cm³/mol. The van der Waals surface area contributed by atoms with E-state index in [1.807, 2.05) is 6.92 Å². The average Bonchev–Trinajstić information content (AvgIpc) is 2.37. The third-order valence-corrected chi connectivity index (χ3v) is 2.97. The zero-order chi connectivity index (χ0) is 14.4. The van der Waals surface area contributed by atoms with Gasteiger partial charge in [-0.3, -0.25) is 14.9 Å². The van der Waals surface area contributed by atoms with Gasteiger partial charge in [-0.2, -0.15) is 0 Å². The molecule has 0 aromatic heterocycles. The van der Waals surface area contributed by atoms with Crippen molar-refractivity contribution in [2.45, 2.75) is 20.3 Å². The SMILES string of the molecule is CCCN(CCCl)C(=O)c1c(C)cccc1[N+](=O)[O-]. The molecule has 1 aromatic carbocycles. The lowest BCUT2D eigenvalue weighted by molar-refractivity contribution is -0.385. The summed E-state index contributed by atoms with van der Waals surface area (Å²) in [5.41, 5.74) is 0.613. The Hall–Kier alpha value is -1.62. The largest absolute Gasteiger partial charge is 0.337 e. The maximum absolute atomic E-state index is 12.4. The number of rotatable bonds is 6. The minimum atomic E-state index is -0.523. The van der Waals surface area contributed by atoms with Crippen LogP contribution in [-0.4, -0.2) is 34.7 Å². The van der Waals surface area contributed by atoms with E-state index in [1.54, 1.807) is 24.0 Å². The third-order valence-electron chi connectivity index (χ3n) is 2.80. The van der Waals surface area contributed by atoms with Gasteiger partial charge < -0.3 is 4.90 Å². The Morgan fingerprint density at radius 1 is 1.42 bits per heavy atom. The summed E-state index contributed by atoms with van der Waals surface area (Å²) in [7, 11) is 0. The number of benzene rings is 1. The number of hydrogen-bond donors (Lipinski definition) is 0. The van der Waals surface area contributed by atoms with E-state index < -0.39 is 4.92 Å². The van der Waals surface area contributed by atoms with E-state index in [-0.39, 0.29) is 17.2 Å². The molecule has 6 heteroatoms. The van der Waals surface area contributed by atoms with Crippen molar-refractivity contribution >= 4 is 23.2 Å². The molecule has 0 saturated heterocycles. The lowest BCUT2D eigenvalue weighted by atomic mass is 10.1. The molecule has 0 aliphatic carbocycles. The molecule has 1 rings (SSSR count). The maximum atomic E-state index is 12.4. The van der Waals surface area contributed by atoms with E-state index in [0.717, 1.165) is 6.42 Å². The first-order valence-electron chi connectivity index (χ1n) is 6.12. The summed E-state index contributed by atoms with van der Waals surface area (Å²) in [5, 5.41) is 11.0. The van der Waals surface area contributed by atoms with Gasteiger partial charge in [0.05, 0.1) is 4.92 Å². The fraction of sp³-hybridized carbons (Fsp3) is 0.462. The lowest BCUT2D eigenvalue weighted by Crippen LogP contribution is -2.34. The number of nitrogens with zero attached hydrogens (tertiary/aromatic N) is 2. The second-order valence-electron chi connectivity index (χ2n) is 4.21. The molecule has 104 valence electrons. The summed E-state index contributed by atoms with van der Waals surface area (Å²) in [5.74, 6) is -0.0156. The molecule has 0 unspecified atom stereocenters. The Balaban J connectivity index is 3.19. The number of nitro groups is 1. The van der Waals surface area contributed by atoms with Crippen molar-refractivity contribution in [2.24, 2.45) is 0 Å². The topological polar surface area (TPSA) is 63.5 Å². The van der Waals surface area contributed by atoms with Crippen molar-refractivity contribution < 1.29 is 9.72 Å². The Bertz CT molecular complexity index is 471. The average molecular weight is 285 g/mol. The molecule has 0 spiro atoms. The van der Waals surface area contributed by atoms with Gasteiger partial charge in [0.15, 0.2) is 0 Å². The normalized spacial score (nSPS) is 10.3. The zero-order valence-corrected chi connectivity index (χ0v) is 11.8. The predicted octanol–water partition coefficient (Wildman–Crippen LogP) is 2.99. The highest BCUT2D eigenvalue weighted by Gasteiger charge is 2.25. The van der Waals surface area contributed by atoms with Crippen LogP contribution in [0.3, 0.4) is 0 Å². The van der Waals surface area contributed by atoms with Crippen molar-refractivity contribution in [2.75, 3.05) is 19.0 Å². The van der Waals surface area contributed by atoms with Crippen LogP contribution in [0.25, 0.3) is 0 Å². The molecule has 0 heterocycles. The molecular weight excluding hydrogens is 268 g/mol. The van der Waals surface area contributed by atoms with Crippen LogP contribution in [0.5, 0.6) is 0 Å². The van der Waals surface area contributed by atoms with Crippen molar-refractivity contribution in [3.63, 3.8) is 0 Å². The van der Waals surface area contributed by atoms with Crippen LogP contribution >= 0.6 is 11.6 Å². The van der Waals surface area contributed by atoms with Gasteiger partial charge >= 0.3 is 0 Å². The monoisotopic (exact) mass is 284 g/mol. The van der Waals surface area contributed by atoms with Crippen LogP contribution in [0.2, 0.25) is 0 Å². The number of alkyl halides is 1. The summed E-state index contributed by atoms with van der Waals surface area (Å²) in [6.45, 7) is 4.57. The van der Waals surface area contributed by atoms with E-state index in [0.29, 0.717) is 24.5 Å². The van der Waals surface area contributed by atoms with Gasteiger partial charge in [0, 0.05) is 25.0 Å². The van der Waals surface area contributed by atoms with Crippen LogP contribution in [0.1, 0.15) is 29.3 Å². The highest BCUT2D eigenvalue weighted by atomic mass is 35.5. The number of carbonyl (C=O) groups is 1. The molecule has 0 N–H and O–H groups in total. The van der Waals surface area contributed by atoms with Gasteiger partial charge in [0.2, 0.25) is 0 Å². The van der Waals surface area contributed by atoms with Gasteiger partial charge in [0.25, 0.3) is 11.6 Å². The minimum absolute atomic E-state index is 0.152. The molecule has 1 aromatic rings. The fourth-order valence-corrected chi connectivity index (χ4v) is 2.13. The minimum Gasteiger partial charge on any atom is -0.337 e. The Morgan fingerprint density at radius 2 is 2.11 bits per heavy atom. The summed E-state index contributed by atoms with van der Waals surface area (Å²) >= 11 is 5.68. The van der Waals surface area contributed by atoms with Crippen LogP contribution < -0.4 is 0 Å². The van der Waals surface area contributed by atoms with Gasteiger partial charge in [-0.15, -0.1) is 11.6 Å². The van der Waals surface area contributed by atoms with E-state index in [2.05, 4.69) is 0 Å². The van der Waals surface area contributed by atoms with Crippen LogP contribution in [-0.2, 0) is 0 Å². The van der Waals surface area contributed by atoms with Crippen molar-refractivity contribution in [1.29, 1.82) is 0 Å². The molecule has 0 bridgehead atoms. The third kappa shape index (κ3) is 3.67. The number of halogens is 1. The highest BCUT2D eigenvalue weighted by Crippen LogP contribution is 2.23. The molecule has 0 atom stereocenters. The van der Waals surface area contributed by atoms with Crippen molar-refractivity contribution in [3.05, 3.63) is 39.4 Å². The van der Waals surface area contributed by atoms with Crippen LogP contribution in [0.4, 0.5) is 5.69 Å². The molecule has 1 amide bonds. The zero-order valence-electron chi connectivity index (χ0n) is 11.1. The first-order valence-corrected chi connectivity index (χ1v) is 6.65. The van der Waals surface area contributed by atoms with Crippen molar-refractivity contribution in [1.82, 2.24) is 4.90 Å². The van der Waals surface area contributed by atoms with Gasteiger partial charge in [-0.1, -0.05) is 19.1 Å². The second kappa shape index (κ2) is 7.09. The smallest absolute Gasteiger partial charge is 0.282 e. The molecule has 0 radical (unpaired) electrons. The molecule has 0 aliphatic rings. The summed E-state index contributed by atoms with van der Waals surface area (Å²) in [6, 6.07) is 4.63. The Morgan fingerprint density at radius 3 is 2.63 bits per heavy atom. The van der Waals surface area contributed by atoms with E-state index >= 15 is 0 Å². The fourth-order valence-electron chi connectivity index (χ4n) is 1.93. The number of aryl methyl sites for hydroxylation is 1. The molecule has 0 fully saturated rings. The second-order valence-corrected chi connectivity index (χ2v) is 4.59. The van der Waals surface area contributed by atoms with E-state index in [4.69, 9.17) is 11.6 Å². The standard InChI is InChI=1S/C13H17ClN2O3/c1-3-8-15(9-7-14)13(17)12-10(2)5-4-6-11(12)16(18)19/h4-6H,3,7-9H2,1-2H3. The van der Waals surface area contributed by atoms with Crippen LogP contribution in [0, 0.1) is 17.0 Å². The maximum Gasteiger partial charge on any atom is 0.282 e. The van der Waals surface area contributed by atoms with Gasteiger partial charge in [0.1, 0.15) is 5.56 Å². The van der Waals surface area contributed by atoms with Gasteiger partial charge in [-0.05, 0) is 18.9 Å². The first-order chi connectivity index (χ1) is 9.02. The number of amides is 1. The quantitative estimate of drug-likeness (QED) is 0.458. The molecule has 0 saturated carbocycles. The molecular formula is C13H17ClN2O3. The summed E-state index contributed by atoms with van der Waals surface area (Å²) in [6.07, 6.45) is 0.780. The summed E-state index contributed by atoms with van der Waals surface area (Å²) in [4.78, 5) is 24.5. The number of hydrogen-bond acceptors (Lipinski definition) is 3. The molecule has 19 heavy (non-hydrogen) atoms. The molecule has 0 aliphatic heterocycles. The van der Waals surface area contributed by atoms with E-state index in [9.17, 15) is 14.9 Å². The Kier molecular flexibility index (Phi) is 5.76.